The molecule has 2 aliphatic rings. The maximum absolute atomic E-state index is 11.2. The van der Waals surface area contributed by atoms with Gasteiger partial charge in [-0.05, 0) is 82.8 Å². The molecule has 1 heterocycles. The summed E-state index contributed by atoms with van der Waals surface area (Å²) in [7, 11) is 0. The lowest BCUT2D eigenvalue weighted by molar-refractivity contribution is -0.123. The first-order valence-electron chi connectivity index (χ1n) is 11.5. The summed E-state index contributed by atoms with van der Waals surface area (Å²) in [5, 5.41) is 6.91. The van der Waals surface area contributed by atoms with Crippen molar-refractivity contribution in [3.63, 3.8) is 0 Å². The Morgan fingerprint density at radius 3 is 2.41 bits per heavy atom. The van der Waals surface area contributed by atoms with Gasteiger partial charge in [0.25, 0.3) is 0 Å². The Morgan fingerprint density at radius 1 is 1.21 bits per heavy atom. The molecule has 0 unspecified atom stereocenters. The minimum Gasteiger partial charge on any atom is -0.369 e. The minimum absolute atomic E-state index is 0. The normalized spacial score (nSPS) is 20.1. The number of carbonyl (C=O) groups is 1. The second kappa shape index (κ2) is 13.7. The topological polar surface area (TPSA) is 82.8 Å². The van der Waals surface area contributed by atoms with Crippen LogP contribution in [0.2, 0.25) is 0 Å². The Kier molecular flexibility index (Phi) is 12.5. The van der Waals surface area contributed by atoms with Crippen LogP contribution in [0.4, 0.5) is 0 Å². The van der Waals surface area contributed by atoms with Crippen LogP contribution in [0.3, 0.4) is 0 Å². The summed E-state index contributed by atoms with van der Waals surface area (Å²) in [5.74, 6) is 1.68. The summed E-state index contributed by atoms with van der Waals surface area (Å²) in [4.78, 5) is 18.6. The fourth-order valence-corrected chi connectivity index (χ4v) is 4.67. The van der Waals surface area contributed by atoms with E-state index in [0.29, 0.717) is 5.41 Å². The third kappa shape index (κ3) is 9.40. The molecule has 170 valence electrons. The fraction of sp³-hybridized carbons (Fsp3) is 0.909. The lowest BCUT2D eigenvalue weighted by atomic mass is 9.64. The highest BCUT2D eigenvalue weighted by Crippen LogP contribution is 2.46. The number of nitrogens with zero attached hydrogens (tertiary/aromatic N) is 2. The monoisotopic (exact) mass is 521 g/mol. The molecule has 2 fully saturated rings. The summed E-state index contributed by atoms with van der Waals surface area (Å²) in [6.07, 6.45) is 9.47. The average molecular weight is 522 g/mol. The lowest BCUT2D eigenvalue weighted by Crippen LogP contribution is -2.41. The van der Waals surface area contributed by atoms with E-state index in [-0.39, 0.29) is 35.8 Å². The predicted octanol–water partition coefficient (Wildman–Crippen LogP) is 3.35. The number of halogens is 1. The van der Waals surface area contributed by atoms with Crippen LogP contribution in [0.1, 0.15) is 72.1 Å². The van der Waals surface area contributed by atoms with Gasteiger partial charge in [-0.15, -0.1) is 24.0 Å². The zero-order valence-electron chi connectivity index (χ0n) is 18.8. The first-order chi connectivity index (χ1) is 13.4. The Hall–Kier alpha value is -0.570. The molecule has 1 saturated carbocycles. The fourth-order valence-electron chi connectivity index (χ4n) is 4.67. The van der Waals surface area contributed by atoms with Gasteiger partial charge in [0, 0.05) is 25.6 Å². The molecule has 0 atom stereocenters. The molecule has 1 aliphatic carbocycles. The smallest absolute Gasteiger partial charge is 0.220 e. The van der Waals surface area contributed by atoms with E-state index >= 15 is 0 Å². The van der Waals surface area contributed by atoms with E-state index in [1.54, 1.807) is 0 Å². The zero-order valence-corrected chi connectivity index (χ0v) is 21.2. The third-order valence-electron chi connectivity index (χ3n) is 6.36. The van der Waals surface area contributed by atoms with Gasteiger partial charge in [-0.25, -0.2) is 0 Å². The Morgan fingerprint density at radius 2 is 1.90 bits per heavy atom. The summed E-state index contributed by atoms with van der Waals surface area (Å²) < 4.78 is 0. The number of primary amides is 1. The number of likely N-dealkylation sites (tertiary alicyclic amines) is 1. The molecule has 2 rings (SSSR count). The lowest BCUT2D eigenvalue weighted by Gasteiger charge is -2.42. The van der Waals surface area contributed by atoms with Crippen molar-refractivity contribution in [2.45, 2.75) is 72.1 Å². The van der Waals surface area contributed by atoms with Crippen LogP contribution in [0.25, 0.3) is 0 Å². The molecule has 0 aromatic carbocycles. The van der Waals surface area contributed by atoms with Gasteiger partial charge >= 0.3 is 0 Å². The number of nitrogens with one attached hydrogen (secondary N) is 2. The molecule has 29 heavy (non-hydrogen) atoms. The quantitative estimate of drug-likeness (QED) is 0.169. The van der Waals surface area contributed by atoms with Crippen LogP contribution < -0.4 is 16.4 Å². The van der Waals surface area contributed by atoms with Crippen LogP contribution in [-0.4, -0.2) is 56.0 Å². The van der Waals surface area contributed by atoms with Gasteiger partial charge < -0.3 is 21.3 Å². The van der Waals surface area contributed by atoms with Crippen molar-refractivity contribution >= 4 is 35.8 Å². The van der Waals surface area contributed by atoms with E-state index in [1.165, 1.54) is 32.1 Å². The van der Waals surface area contributed by atoms with E-state index in [2.05, 4.69) is 36.3 Å². The molecular weight excluding hydrogens is 477 g/mol. The van der Waals surface area contributed by atoms with Crippen LogP contribution >= 0.6 is 24.0 Å². The number of hydrogen-bond acceptors (Lipinski definition) is 3. The highest BCUT2D eigenvalue weighted by atomic mass is 127. The van der Waals surface area contributed by atoms with E-state index < -0.39 is 0 Å². The third-order valence-corrected chi connectivity index (χ3v) is 6.36. The molecule has 0 bridgehead atoms. The number of hydrogen-bond donors (Lipinski definition) is 3. The molecule has 7 heteroatoms. The number of unbranched alkanes of at least 4 members (excludes halogenated alkanes) is 1. The van der Waals surface area contributed by atoms with E-state index in [4.69, 9.17) is 10.7 Å². The van der Waals surface area contributed by atoms with Crippen molar-refractivity contribution in [2.24, 2.45) is 28.0 Å². The summed E-state index contributed by atoms with van der Waals surface area (Å²) in [6.45, 7) is 12.7. The zero-order chi connectivity index (χ0) is 20.4. The average Bonchev–Trinajstić information content (AvgIpc) is 2.63. The number of rotatable bonds is 11. The molecule has 0 aromatic heterocycles. The number of nitrogens with two attached hydrogens (primary N) is 1. The Labute approximate surface area is 195 Å². The van der Waals surface area contributed by atoms with Crippen molar-refractivity contribution in [1.29, 1.82) is 0 Å². The van der Waals surface area contributed by atoms with Crippen molar-refractivity contribution in [3.05, 3.63) is 0 Å². The van der Waals surface area contributed by atoms with E-state index in [0.717, 1.165) is 70.4 Å². The van der Waals surface area contributed by atoms with Crippen LogP contribution in [0.5, 0.6) is 0 Å². The largest absolute Gasteiger partial charge is 0.369 e. The summed E-state index contributed by atoms with van der Waals surface area (Å²) in [6, 6.07) is 0. The van der Waals surface area contributed by atoms with Crippen LogP contribution in [0, 0.1) is 17.3 Å². The number of guanidine groups is 1. The minimum atomic E-state index is -0.129. The molecule has 6 nitrogen and oxygen atoms in total. The molecule has 1 amide bonds. The van der Waals surface area contributed by atoms with Gasteiger partial charge in [-0.3, -0.25) is 9.79 Å². The van der Waals surface area contributed by atoms with Gasteiger partial charge in [-0.1, -0.05) is 20.3 Å². The van der Waals surface area contributed by atoms with Gasteiger partial charge in [0.1, 0.15) is 0 Å². The first kappa shape index (κ1) is 26.5. The second-order valence-corrected chi connectivity index (χ2v) is 9.30. The van der Waals surface area contributed by atoms with Crippen molar-refractivity contribution in [1.82, 2.24) is 15.5 Å². The highest BCUT2D eigenvalue weighted by molar-refractivity contribution is 14.0. The Bertz CT molecular complexity index is 499. The van der Waals surface area contributed by atoms with Crippen molar-refractivity contribution in [3.8, 4) is 0 Å². The van der Waals surface area contributed by atoms with Gasteiger partial charge in [-0.2, -0.15) is 0 Å². The number of amides is 1. The van der Waals surface area contributed by atoms with Crippen LogP contribution in [-0.2, 0) is 4.79 Å². The Balaban J connectivity index is 0.00000420. The maximum atomic E-state index is 11.2. The van der Waals surface area contributed by atoms with E-state index in [9.17, 15) is 4.79 Å². The van der Waals surface area contributed by atoms with Crippen LogP contribution in [0.15, 0.2) is 4.99 Å². The highest BCUT2D eigenvalue weighted by Gasteiger charge is 2.37. The van der Waals surface area contributed by atoms with Gasteiger partial charge in [0.15, 0.2) is 5.96 Å². The van der Waals surface area contributed by atoms with Gasteiger partial charge in [0.2, 0.25) is 5.91 Å². The SMILES string of the molecule is CCNC(=NCC1(CC(C)C)CCC1)NCCCCN1CCC(C(N)=O)CC1.I. The molecule has 0 spiro atoms. The molecule has 0 radical (unpaired) electrons. The predicted molar refractivity (Wildman–Crippen MR) is 133 cm³/mol. The number of piperidine rings is 1. The first-order valence-corrected chi connectivity index (χ1v) is 11.5. The van der Waals surface area contributed by atoms with Crippen molar-refractivity contribution < 1.29 is 4.79 Å². The molecule has 0 aromatic rings. The van der Waals surface area contributed by atoms with E-state index in [1.807, 2.05) is 0 Å². The maximum Gasteiger partial charge on any atom is 0.220 e. The second-order valence-electron chi connectivity index (χ2n) is 9.30. The number of aliphatic imine (C=N–C) groups is 1. The summed E-state index contributed by atoms with van der Waals surface area (Å²) >= 11 is 0. The van der Waals surface area contributed by atoms with Crippen molar-refractivity contribution in [2.75, 3.05) is 39.3 Å². The summed E-state index contributed by atoms with van der Waals surface area (Å²) in [5.41, 5.74) is 5.86. The standard InChI is InChI=1S/C22H43N5O.HI/c1-4-24-21(26-17-22(10-7-11-22)16-18(2)3)25-12-5-6-13-27-14-8-19(9-15-27)20(23)28;/h18-19H,4-17H2,1-3H3,(H2,23,28)(H2,24,25,26);1H. The molecule has 1 aliphatic heterocycles. The van der Waals surface area contributed by atoms with Gasteiger partial charge in [0.05, 0.1) is 0 Å². The number of carbonyl (C=O) groups excluding carboxylic acids is 1. The molecule has 4 N–H and O–H groups in total. The molecule has 1 saturated heterocycles. The molecular formula is C22H44IN5O.